The molecule has 0 unspecified atom stereocenters. The Morgan fingerprint density at radius 1 is 0.800 bits per heavy atom. The number of aromatic nitrogens is 3. The first-order valence-electron chi connectivity index (χ1n) is 9.56. The lowest BCUT2D eigenvalue weighted by molar-refractivity contribution is 0.491. The molecule has 0 amide bonds. The van der Waals surface area contributed by atoms with Gasteiger partial charge < -0.3 is 4.42 Å². The van der Waals surface area contributed by atoms with E-state index in [-0.39, 0.29) is 5.89 Å². The summed E-state index contributed by atoms with van der Waals surface area (Å²) in [5.74, 6) is 0.255. The van der Waals surface area contributed by atoms with Crippen molar-refractivity contribution in [3.63, 3.8) is 0 Å². The summed E-state index contributed by atoms with van der Waals surface area (Å²) in [5.41, 5.74) is 3.89. The van der Waals surface area contributed by atoms with Crippen molar-refractivity contribution in [1.82, 2.24) is 14.8 Å². The molecule has 0 aliphatic carbocycles. The fourth-order valence-corrected chi connectivity index (χ4v) is 3.31. The Labute approximate surface area is 172 Å². The maximum atomic E-state index is 12.2. The summed E-state index contributed by atoms with van der Waals surface area (Å²) >= 11 is 0. The van der Waals surface area contributed by atoms with Gasteiger partial charge in [0.2, 0.25) is 5.89 Å². The van der Waals surface area contributed by atoms with Crippen molar-refractivity contribution in [3.8, 4) is 16.9 Å². The summed E-state index contributed by atoms with van der Waals surface area (Å²) in [4.78, 5) is 16.7. The van der Waals surface area contributed by atoms with Crippen LogP contribution in [0.4, 0.5) is 0 Å². The zero-order valence-corrected chi connectivity index (χ0v) is 16.0. The summed E-state index contributed by atoms with van der Waals surface area (Å²) in [6.07, 6.45) is 5.52. The van der Waals surface area contributed by atoms with E-state index in [1.807, 2.05) is 83.7 Å². The second-order valence-corrected chi connectivity index (χ2v) is 6.77. The number of benzene rings is 3. The largest absolute Gasteiger partial charge is 0.404 e. The molecule has 5 rings (SSSR count). The van der Waals surface area contributed by atoms with Crippen molar-refractivity contribution in [2.45, 2.75) is 0 Å². The van der Waals surface area contributed by atoms with Crippen LogP contribution < -0.4 is 5.63 Å². The molecule has 30 heavy (non-hydrogen) atoms. The first-order chi connectivity index (χ1) is 14.8. The van der Waals surface area contributed by atoms with Crippen LogP contribution in [-0.2, 0) is 0 Å². The summed E-state index contributed by atoms with van der Waals surface area (Å²) < 4.78 is 7.21. The molecule has 0 bridgehead atoms. The molecule has 0 N–H and O–H groups in total. The van der Waals surface area contributed by atoms with E-state index in [0.717, 1.165) is 22.5 Å². The van der Waals surface area contributed by atoms with Crippen LogP contribution in [0, 0.1) is 0 Å². The molecule has 5 aromatic rings. The number of hydrogen-bond acceptors (Lipinski definition) is 4. The Balaban J connectivity index is 1.60. The van der Waals surface area contributed by atoms with Gasteiger partial charge in [0.1, 0.15) is 0 Å². The normalized spacial score (nSPS) is 11.3. The number of para-hydroxylation sites is 2. The first-order valence-corrected chi connectivity index (χ1v) is 9.56. The highest BCUT2D eigenvalue weighted by Gasteiger charge is 2.11. The summed E-state index contributed by atoms with van der Waals surface area (Å²) in [6, 6.07) is 27.0. The van der Waals surface area contributed by atoms with E-state index in [2.05, 4.69) is 4.98 Å². The van der Waals surface area contributed by atoms with Crippen LogP contribution in [-0.4, -0.2) is 14.8 Å². The standard InChI is InChI=1S/C25H17N3O2/c29-25-21-13-7-8-14-22(21)26-23(30-25)16-15-19-17-28(20-11-5-2-6-12-20)27-24(19)18-9-3-1-4-10-18/h1-17H/b16-15+. The third kappa shape index (κ3) is 3.44. The molecular weight excluding hydrogens is 374 g/mol. The van der Waals surface area contributed by atoms with Gasteiger partial charge in [-0.05, 0) is 30.3 Å². The molecule has 0 spiro atoms. The van der Waals surface area contributed by atoms with Gasteiger partial charge in [0.15, 0.2) is 0 Å². The predicted octanol–water partition coefficient (Wildman–Crippen LogP) is 5.21. The van der Waals surface area contributed by atoms with E-state index in [1.165, 1.54) is 0 Å². The molecule has 0 saturated heterocycles. The van der Waals surface area contributed by atoms with Crippen molar-refractivity contribution in [2.75, 3.05) is 0 Å². The maximum Gasteiger partial charge on any atom is 0.347 e. The maximum absolute atomic E-state index is 12.2. The van der Waals surface area contributed by atoms with Gasteiger partial charge in [-0.25, -0.2) is 14.5 Å². The van der Waals surface area contributed by atoms with Gasteiger partial charge in [0, 0.05) is 23.4 Å². The van der Waals surface area contributed by atoms with Crippen LogP contribution >= 0.6 is 0 Å². The topological polar surface area (TPSA) is 60.9 Å². The second-order valence-electron chi connectivity index (χ2n) is 6.77. The highest BCUT2D eigenvalue weighted by Crippen LogP contribution is 2.25. The molecular formula is C25H17N3O2. The van der Waals surface area contributed by atoms with E-state index in [4.69, 9.17) is 9.52 Å². The third-order valence-electron chi connectivity index (χ3n) is 4.77. The minimum Gasteiger partial charge on any atom is -0.404 e. The lowest BCUT2D eigenvalue weighted by atomic mass is 10.1. The fourth-order valence-electron chi connectivity index (χ4n) is 3.31. The smallest absolute Gasteiger partial charge is 0.347 e. The van der Waals surface area contributed by atoms with E-state index in [0.29, 0.717) is 10.9 Å². The van der Waals surface area contributed by atoms with Crippen molar-refractivity contribution in [1.29, 1.82) is 0 Å². The predicted molar refractivity (Wildman–Crippen MR) is 118 cm³/mol. The summed E-state index contributed by atoms with van der Waals surface area (Å²) in [5, 5.41) is 5.25. The van der Waals surface area contributed by atoms with Crippen molar-refractivity contribution < 1.29 is 4.42 Å². The Kier molecular flexibility index (Phi) is 4.54. The quantitative estimate of drug-likeness (QED) is 0.422. The SMILES string of the molecule is O=c1oc(/C=C/c2cn(-c3ccccc3)nc2-c2ccccc2)nc2ccccc12. The average molecular weight is 391 g/mol. The van der Waals surface area contributed by atoms with Gasteiger partial charge in [-0.1, -0.05) is 60.7 Å². The van der Waals surface area contributed by atoms with Gasteiger partial charge in [0.05, 0.1) is 22.3 Å². The van der Waals surface area contributed by atoms with Crippen LogP contribution in [0.3, 0.4) is 0 Å². The molecule has 5 heteroatoms. The van der Waals surface area contributed by atoms with Gasteiger partial charge in [-0.2, -0.15) is 5.10 Å². The van der Waals surface area contributed by atoms with Gasteiger partial charge in [0.25, 0.3) is 0 Å². The summed E-state index contributed by atoms with van der Waals surface area (Å²) in [6.45, 7) is 0. The molecule has 0 saturated carbocycles. The number of nitrogens with zero attached hydrogens (tertiary/aromatic N) is 3. The van der Waals surface area contributed by atoms with Crippen LogP contribution in [0.5, 0.6) is 0 Å². The number of rotatable bonds is 4. The Hall–Kier alpha value is -4.25. The third-order valence-corrected chi connectivity index (χ3v) is 4.77. The molecule has 2 heterocycles. The molecule has 5 nitrogen and oxygen atoms in total. The van der Waals surface area contributed by atoms with E-state index < -0.39 is 5.63 Å². The second kappa shape index (κ2) is 7.64. The lowest BCUT2D eigenvalue weighted by Gasteiger charge is -2.00. The summed E-state index contributed by atoms with van der Waals surface area (Å²) in [7, 11) is 0. The van der Waals surface area contributed by atoms with Crippen LogP contribution in [0.1, 0.15) is 11.5 Å². The highest BCUT2D eigenvalue weighted by molar-refractivity contribution is 5.80. The van der Waals surface area contributed by atoms with Crippen LogP contribution in [0.15, 0.2) is 100 Å². The van der Waals surface area contributed by atoms with Gasteiger partial charge in [-0.3, -0.25) is 0 Å². The zero-order valence-electron chi connectivity index (χ0n) is 16.0. The monoisotopic (exact) mass is 391 g/mol. The van der Waals surface area contributed by atoms with Crippen LogP contribution in [0.2, 0.25) is 0 Å². The van der Waals surface area contributed by atoms with E-state index in [9.17, 15) is 4.79 Å². The lowest BCUT2D eigenvalue weighted by Crippen LogP contribution is -2.02. The van der Waals surface area contributed by atoms with E-state index in [1.54, 1.807) is 24.3 Å². The Morgan fingerprint density at radius 2 is 1.50 bits per heavy atom. The zero-order chi connectivity index (χ0) is 20.3. The van der Waals surface area contributed by atoms with Crippen molar-refractivity contribution in [2.24, 2.45) is 0 Å². The van der Waals surface area contributed by atoms with Crippen LogP contribution in [0.25, 0.3) is 40.0 Å². The molecule has 0 aliphatic rings. The highest BCUT2D eigenvalue weighted by atomic mass is 16.4. The number of hydrogen-bond donors (Lipinski definition) is 0. The van der Waals surface area contributed by atoms with Gasteiger partial charge >= 0.3 is 5.63 Å². The molecule has 3 aromatic carbocycles. The van der Waals surface area contributed by atoms with Gasteiger partial charge in [-0.15, -0.1) is 0 Å². The molecule has 144 valence electrons. The Bertz CT molecular complexity index is 1400. The minimum atomic E-state index is -0.400. The van der Waals surface area contributed by atoms with Crippen molar-refractivity contribution in [3.05, 3.63) is 113 Å². The number of fused-ring (bicyclic) bond motifs is 1. The Morgan fingerprint density at radius 3 is 2.30 bits per heavy atom. The molecule has 0 fully saturated rings. The average Bonchev–Trinajstić information content (AvgIpc) is 3.23. The van der Waals surface area contributed by atoms with E-state index >= 15 is 0 Å². The first kappa shape index (κ1) is 17.8. The molecule has 0 atom stereocenters. The fraction of sp³-hybridized carbons (Fsp3) is 0. The van der Waals surface area contributed by atoms with Crippen molar-refractivity contribution >= 4 is 23.1 Å². The molecule has 0 radical (unpaired) electrons. The minimum absolute atomic E-state index is 0.255. The molecule has 2 aromatic heterocycles. The molecule has 0 aliphatic heterocycles.